The quantitative estimate of drug-likeness (QED) is 0.933. The van der Waals surface area contributed by atoms with Crippen molar-refractivity contribution in [2.24, 2.45) is 5.73 Å². The molecule has 0 atom stereocenters. The van der Waals surface area contributed by atoms with E-state index in [9.17, 15) is 13.2 Å². The maximum absolute atomic E-state index is 12.9. The smallest absolute Gasteiger partial charge is 0.417 e. The molecule has 0 fully saturated rings. The van der Waals surface area contributed by atoms with Crippen LogP contribution in [0.4, 0.5) is 13.2 Å². The number of benzene rings is 1. The van der Waals surface area contributed by atoms with Gasteiger partial charge in [0.15, 0.2) is 0 Å². The molecule has 2 aromatic rings. The van der Waals surface area contributed by atoms with Crippen LogP contribution in [0.5, 0.6) is 0 Å². The topological polar surface area (TPSA) is 52.0 Å². The number of alkyl halides is 3. The molecule has 0 unspecified atom stereocenters. The van der Waals surface area contributed by atoms with E-state index >= 15 is 0 Å². The van der Waals surface area contributed by atoms with Crippen LogP contribution in [-0.4, -0.2) is 4.98 Å². The van der Waals surface area contributed by atoms with E-state index < -0.39 is 11.7 Å². The largest absolute Gasteiger partial charge is 0.440 e. The van der Waals surface area contributed by atoms with Crippen molar-refractivity contribution < 1.29 is 17.6 Å². The van der Waals surface area contributed by atoms with Gasteiger partial charge >= 0.3 is 6.18 Å². The van der Waals surface area contributed by atoms with E-state index in [4.69, 9.17) is 10.2 Å². The molecule has 0 aliphatic heterocycles. The normalized spacial score (nSPS) is 11.8. The molecule has 0 spiro atoms. The molecule has 0 bridgehead atoms. The zero-order valence-corrected chi connectivity index (χ0v) is 9.89. The summed E-state index contributed by atoms with van der Waals surface area (Å²) in [5.41, 5.74) is 5.04. The van der Waals surface area contributed by atoms with Gasteiger partial charge in [-0.3, -0.25) is 0 Å². The fraction of sp³-hybridized carbons (Fsp3) is 0.182. The van der Waals surface area contributed by atoms with Crippen LogP contribution >= 0.6 is 11.8 Å². The molecular formula is C11H9F3N2OS. The van der Waals surface area contributed by atoms with Gasteiger partial charge in [-0.25, -0.2) is 4.98 Å². The van der Waals surface area contributed by atoms with Gasteiger partial charge in [-0.15, -0.1) is 0 Å². The van der Waals surface area contributed by atoms with Crippen LogP contribution in [0.1, 0.15) is 11.1 Å². The van der Waals surface area contributed by atoms with Crippen molar-refractivity contribution >= 4 is 11.8 Å². The fourth-order valence-corrected chi connectivity index (χ4v) is 2.20. The van der Waals surface area contributed by atoms with Gasteiger partial charge in [0.2, 0.25) is 0 Å². The van der Waals surface area contributed by atoms with Gasteiger partial charge in [-0.05, 0) is 29.5 Å². The van der Waals surface area contributed by atoms with Gasteiger partial charge in [0.25, 0.3) is 5.22 Å². The van der Waals surface area contributed by atoms with Gasteiger partial charge in [0, 0.05) is 11.4 Å². The van der Waals surface area contributed by atoms with E-state index in [1.54, 1.807) is 6.07 Å². The second-order valence-electron chi connectivity index (χ2n) is 3.43. The van der Waals surface area contributed by atoms with Gasteiger partial charge in [0.05, 0.1) is 11.8 Å². The lowest BCUT2D eigenvalue weighted by Crippen LogP contribution is -2.08. The Morgan fingerprint density at radius 2 is 2.11 bits per heavy atom. The van der Waals surface area contributed by atoms with Gasteiger partial charge in [-0.2, -0.15) is 13.2 Å². The third-order valence-electron chi connectivity index (χ3n) is 2.19. The summed E-state index contributed by atoms with van der Waals surface area (Å²) in [6.45, 7) is 0.0625. The maximum atomic E-state index is 12.9. The molecule has 1 aromatic carbocycles. The lowest BCUT2D eigenvalue weighted by Gasteiger charge is -2.12. The Bertz CT molecular complexity index is 526. The van der Waals surface area contributed by atoms with Gasteiger partial charge in [0.1, 0.15) is 6.26 Å². The zero-order valence-electron chi connectivity index (χ0n) is 9.07. The van der Waals surface area contributed by atoms with Crippen LogP contribution in [0.25, 0.3) is 0 Å². The first kappa shape index (κ1) is 13.0. The van der Waals surface area contributed by atoms with Crippen LogP contribution in [0, 0.1) is 0 Å². The lowest BCUT2D eigenvalue weighted by molar-refractivity contribution is -0.139. The van der Waals surface area contributed by atoms with E-state index in [0.717, 1.165) is 17.8 Å². The Kier molecular flexibility index (Phi) is 3.63. The fourth-order valence-electron chi connectivity index (χ4n) is 1.37. The first-order chi connectivity index (χ1) is 8.50. The predicted molar refractivity (Wildman–Crippen MR) is 60.0 cm³/mol. The minimum Gasteiger partial charge on any atom is -0.440 e. The van der Waals surface area contributed by atoms with Gasteiger partial charge in [-0.1, -0.05) is 6.07 Å². The highest BCUT2D eigenvalue weighted by Gasteiger charge is 2.34. The number of halogens is 3. The van der Waals surface area contributed by atoms with Crippen LogP contribution in [0.15, 0.2) is 45.2 Å². The third kappa shape index (κ3) is 2.85. The first-order valence-corrected chi connectivity index (χ1v) is 5.80. The van der Waals surface area contributed by atoms with Crippen molar-refractivity contribution in [3.05, 3.63) is 41.8 Å². The highest BCUT2D eigenvalue weighted by molar-refractivity contribution is 7.99. The molecule has 0 saturated carbocycles. The molecule has 2 N–H and O–H groups in total. The lowest BCUT2D eigenvalue weighted by atomic mass is 10.1. The molecule has 1 heterocycles. The second-order valence-corrected chi connectivity index (χ2v) is 4.43. The van der Waals surface area contributed by atoms with Crippen molar-refractivity contribution in [1.29, 1.82) is 0 Å². The summed E-state index contributed by atoms with van der Waals surface area (Å²) < 4.78 is 43.6. The summed E-state index contributed by atoms with van der Waals surface area (Å²) in [6.07, 6.45) is -1.74. The van der Waals surface area contributed by atoms with Crippen LogP contribution < -0.4 is 5.73 Å². The summed E-state index contributed by atoms with van der Waals surface area (Å²) in [5.74, 6) is 0. The highest BCUT2D eigenvalue weighted by atomic mass is 32.2. The molecular weight excluding hydrogens is 265 g/mol. The monoisotopic (exact) mass is 274 g/mol. The Morgan fingerprint density at radius 1 is 1.33 bits per heavy atom. The number of rotatable bonds is 3. The Balaban J connectivity index is 2.40. The minimum absolute atomic E-state index is 0.0437. The number of aromatic nitrogens is 1. The number of hydrogen-bond donors (Lipinski definition) is 1. The molecule has 96 valence electrons. The zero-order chi connectivity index (χ0) is 13.2. The average molecular weight is 274 g/mol. The van der Waals surface area contributed by atoms with Crippen LogP contribution in [0.2, 0.25) is 0 Å². The first-order valence-electron chi connectivity index (χ1n) is 4.98. The maximum Gasteiger partial charge on any atom is 0.417 e. The van der Waals surface area contributed by atoms with Crippen LogP contribution in [0.3, 0.4) is 0 Å². The molecule has 0 amide bonds. The second kappa shape index (κ2) is 5.03. The van der Waals surface area contributed by atoms with Crippen molar-refractivity contribution in [3.63, 3.8) is 0 Å². The van der Waals surface area contributed by atoms with E-state index in [0.29, 0.717) is 5.56 Å². The Morgan fingerprint density at radius 3 is 2.67 bits per heavy atom. The summed E-state index contributed by atoms with van der Waals surface area (Å²) in [6, 6.07) is 3.98. The Hall–Kier alpha value is -1.47. The summed E-state index contributed by atoms with van der Waals surface area (Å²) >= 11 is 0.828. The third-order valence-corrected chi connectivity index (χ3v) is 3.14. The summed E-state index contributed by atoms with van der Waals surface area (Å²) in [7, 11) is 0. The van der Waals surface area contributed by atoms with E-state index in [1.807, 2.05) is 0 Å². The summed E-state index contributed by atoms with van der Waals surface area (Å²) in [4.78, 5) is 3.83. The van der Waals surface area contributed by atoms with Crippen molar-refractivity contribution in [2.75, 3.05) is 0 Å². The van der Waals surface area contributed by atoms with Gasteiger partial charge < -0.3 is 10.2 Å². The SMILES string of the molecule is NCc1ccc(Sc2ncco2)c(C(F)(F)F)c1. The van der Waals surface area contributed by atoms with Crippen molar-refractivity contribution in [3.8, 4) is 0 Å². The van der Waals surface area contributed by atoms with E-state index in [2.05, 4.69) is 4.98 Å². The molecule has 7 heteroatoms. The molecule has 18 heavy (non-hydrogen) atoms. The molecule has 0 aliphatic rings. The molecule has 2 rings (SSSR count). The van der Waals surface area contributed by atoms with E-state index in [-0.39, 0.29) is 16.7 Å². The van der Waals surface area contributed by atoms with Crippen molar-refractivity contribution in [1.82, 2.24) is 4.98 Å². The minimum atomic E-state index is -4.43. The van der Waals surface area contributed by atoms with Crippen molar-refractivity contribution in [2.45, 2.75) is 22.8 Å². The highest BCUT2D eigenvalue weighted by Crippen LogP contribution is 2.39. The average Bonchev–Trinajstić information content (AvgIpc) is 2.81. The number of nitrogens with two attached hydrogens (primary N) is 1. The number of oxazole rings is 1. The molecule has 0 radical (unpaired) electrons. The summed E-state index contributed by atoms with van der Waals surface area (Å²) in [5, 5.41) is 0.168. The molecule has 1 aromatic heterocycles. The number of nitrogens with zero attached hydrogens (tertiary/aromatic N) is 1. The standard InChI is InChI=1S/C11H9F3N2OS/c12-11(13,14)8-5-7(6-15)1-2-9(8)18-10-16-3-4-17-10/h1-5H,6,15H2. The molecule has 0 saturated heterocycles. The molecule has 3 nitrogen and oxygen atoms in total. The number of hydrogen-bond acceptors (Lipinski definition) is 4. The molecule has 0 aliphatic carbocycles. The van der Waals surface area contributed by atoms with E-state index in [1.165, 1.54) is 18.5 Å². The van der Waals surface area contributed by atoms with Crippen LogP contribution in [-0.2, 0) is 12.7 Å². The Labute approximate surface area is 105 Å². The predicted octanol–water partition coefficient (Wildman–Crippen LogP) is 3.30.